The average Bonchev–Trinajstić information content (AvgIpc) is 3.24. The molecule has 0 saturated carbocycles. The van der Waals surface area contributed by atoms with Crippen LogP contribution in [0.1, 0.15) is 15.9 Å². The molecule has 4 rings (SSSR count). The first kappa shape index (κ1) is 21.1. The van der Waals surface area contributed by atoms with Crippen LogP contribution in [-0.2, 0) is 13.1 Å². The van der Waals surface area contributed by atoms with Gasteiger partial charge in [-0.05, 0) is 17.7 Å². The topological polar surface area (TPSA) is 100 Å². The molecule has 164 valence electrons. The molecule has 0 aliphatic heterocycles. The molecule has 0 fully saturated rings. The van der Waals surface area contributed by atoms with Gasteiger partial charge in [0.15, 0.2) is 17.1 Å². The van der Waals surface area contributed by atoms with Crippen molar-refractivity contribution in [2.75, 3.05) is 20.8 Å². The highest BCUT2D eigenvalue weighted by molar-refractivity contribution is 5.97. The standard InChI is InChI=1S/C23H23N5O4/c1-31-19-10-6-9-17(20(19)32-2)22(29)24-11-12-28-21-18(13-26-28)23(30)27(15-25-21)14-16-7-4-3-5-8-16/h3-10,13,15H,11-12,14H2,1-2H3,(H,24,29). The van der Waals surface area contributed by atoms with E-state index in [4.69, 9.17) is 9.47 Å². The number of carbonyl (C=O) groups is 1. The molecule has 0 spiro atoms. The minimum atomic E-state index is -0.296. The zero-order valence-corrected chi connectivity index (χ0v) is 17.8. The van der Waals surface area contributed by atoms with Gasteiger partial charge < -0.3 is 14.8 Å². The fourth-order valence-corrected chi connectivity index (χ4v) is 3.49. The highest BCUT2D eigenvalue weighted by atomic mass is 16.5. The van der Waals surface area contributed by atoms with Crippen LogP contribution in [0, 0.1) is 0 Å². The van der Waals surface area contributed by atoms with Gasteiger partial charge in [0.1, 0.15) is 11.7 Å². The molecule has 0 unspecified atom stereocenters. The van der Waals surface area contributed by atoms with Crippen molar-refractivity contribution in [3.63, 3.8) is 0 Å². The number of fused-ring (bicyclic) bond motifs is 1. The van der Waals surface area contributed by atoms with E-state index in [9.17, 15) is 9.59 Å². The zero-order valence-electron chi connectivity index (χ0n) is 17.8. The monoisotopic (exact) mass is 433 g/mol. The minimum Gasteiger partial charge on any atom is -0.493 e. The number of hydrogen-bond donors (Lipinski definition) is 1. The molecule has 9 heteroatoms. The summed E-state index contributed by atoms with van der Waals surface area (Å²) in [5.41, 5.74) is 1.71. The van der Waals surface area contributed by atoms with E-state index in [0.717, 1.165) is 5.56 Å². The lowest BCUT2D eigenvalue weighted by Gasteiger charge is -2.12. The van der Waals surface area contributed by atoms with E-state index < -0.39 is 0 Å². The summed E-state index contributed by atoms with van der Waals surface area (Å²) >= 11 is 0. The number of aromatic nitrogens is 4. The Kier molecular flexibility index (Phi) is 6.16. The van der Waals surface area contributed by atoms with Crippen LogP contribution in [0.3, 0.4) is 0 Å². The summed E-state index contributed by atoms with van der Waals surface area (Å²) < 4.78 is 13.7. The van der Waals surface area contributed by atoms with Gasteiger partial charge in [0.25, 0.3) is 11.5 Å². The van der Waals surface area contributed by atoms with Crippen LogP contribution in [0.2, 0.25) is 0 Å². The fraction of sp³-hybridized carbons (Fsp3) is 0.217. The summed E-state index contributed by atoms with van der Waals surface area (Å²) in [5, 5.41) is 7.55. The Morgan fingerprint density at radius 1 is 1.06 bits per heavy atom. The highest BCUT2D eigenvalue weighted by Gasteiger charge is 2.16. The quantitative estimate of drug-likeness (QED) is 0.457. The fourth-order valence-electron chi connectivity index (χ4n) is 3.49. The molecule has 4 aromatic rings. The van der Waals surface area contributed by atoms with E-state index in [1.165, 1.54) is 26.7 Å². The Hall–Kier alpha value is -4.14. The van der Waals surface area contributed by atoms with Crippen molar-refractivity contribution in [3.05, 3.63) is 82.5 Å². The maximum atomic E-state index is 12.8. The Balaban J connectivity index is 1.46. The van der Waals surface area contributed by atoms with E-state index in [1.54, 1.807) is 27.4 Å². The molecular formula is C23H23N5O4. The van der Waals surface area contributed by atoms with Crippen LogP contribution in [0.15, 0.2) is 65.8 Å². The minimum absolute atomic E-state index is 0.157. The van der Waals surface area contributed by atoms with Gasteiger partial charge in [-0.3, -0.25) is 14.2 Å². The van der Waals surface area contributed by atoms with Crippen LogP contribution >= 0.6 is 0 Å². The first-order valence-electron chi connectivity index (χ1n) is 10.1. The van der Waals surface area contributed by atoms with Crippen LogP contribution in [0.5, 0.6) is 11.5 Å². The molecule has 0 saturated heterocycles. The molecule has 0 atom stereocenters. The van der Waals surface area contributed by atoms with Crippen LogP contribution in [-0.4, -0.2) is 46.0 Å². The van der Waals surface area contributed by atoms with Gasteiger partial charge in [-0.2, -0.15) is 5.10 Å². The van der Waals surface area contributed by atoms with Crippen molar-refractivity contribution in [2.24, 2.45) is 0 Å². The lowest BCUT2D eigenvalue weighted by atomic mass is 10.1. The summed E-state index contributed by atoms with van der Waals surface area (Å²) in [5.74, 6) is 0.558. The lowest BCUT2D eigenvalue weighted by Crippen LogP contribution is -2.28. The Morgan fingerprint density at radius 3 is 2.62 bits per heavy atom. The van der Waals surface area contributed by atoms with Crippen LogP contribution in [0.25, 0.3) is 11.0 Å². The molecule has 9 nitrogen and oxygen atoms in total. The van der Waals surface area contributed by atoms with Crippen molar-refractivity contribution < 1.29 is 14.3 Å². The molecule has 32 heavy (non-hydrogen) atoms. The SMILES string of the molecule is COc1cccc(C(=O)NCCn2ncc3c(=O)n(Cc4ccccc4)cnc32)c1OC. The second-order valence-corrected chi connectivity index (χ2v) is 7.07. The predicted octanol–water partition coefficient (Wildman–Crippen LogP) is 2.09. The number of benzene rings is 2. The largest absolute Gasteiger partial charge is 0.493 e. The third kappa shape index (κ3) is 4.18. The lowest BCUT2D eigenvalue weighted by molar-refractivity contribution is 0.0948. The summed E-state index contributed by atoms with van der Waals surface area (Å²) in [6.07, 6.45) is 3.04. The molecule has 0 aliphatic rings. The van der Waals surface area contributed by atoms with Gasteiger partial charge in [-0.1, -0.05) is 36.4 Å². The van der Waals surface area contributed by atoms with Crippen molar-refractivity contribution in [1.82, 2.24) is 24.6 Å². The predicted molar refractivity (Wildman–Crippen MR) is 119 cm³/mol. The second-order valence-electron chi connectivity index (χ2n) is 7.07. The van der Waals surface area contributed by atoms with Gasteiger partial charge in [-0.15, -0.1) is 0 Å². The zero-order chi connectivity index (χ0) is 22.5. The third-order valence-corrected chi connectivity index (χ3v) is 5.07. The van der Waals surface area contributed by atoms with Gasteiger partial charge in [0.2, 0.25) is 0 Å². The van der Waals surface area contributed by atoms with Gasteiger partial charge in [0, 0.05) is 6.54 Å². The second kappa shape index (κ2) is 9.34. The summed E-state index contributed by atoms with van der Waals surface area (Å²) in [7, 11) is 3.00. The maximum Gasteiger partial charge on any atom is 0.264 e. The van der Waals surface area contributed by atoms with Gasteiger partial charge in [-0.25, -0.2) is 9.67 Å². The number of nitrogens with zero attached hydrogens (tertiary/aromatic N) is 4. The van der Waals surface area contributed by atoms with E-state index in [1.807, 2.05) is 30.3 Å². The number of ether oxygens (including phenoxy) is 2. The number of para-hydroxylation sites is 1. The molecular weight excluding hydrogens is 410 g/mol. The van der Waals surface area contributed by atoms with E-state index in [0.29, 0.717) is 47.7 Å². The molecule has 1 amide bonds. The molecule has 0 aliphatic carbocycles. The number of rotatable bonds is 8. The van der Waals surface area contributed by atoms with Crippen molar-refractivity contribution in [1.29, 1.82) is 0 Å². The van der Waals surface area contributed by atoms with Gasteiger partial charge in [0.05, 0.1) is 39.1 Å². The number of nitrogens with one attached hydrogen (secondary N) is 1. The van der Waals surface area contributed by atoms with Crippen LogP contribution in [0.4, 0.5) is 0 Å². The first-order valence-corrected chi connectivity index (χ1v) is 10.1. The average molecular weight is 433 g/mol. The van der Waals surface area contributed by atoms with E-state index >= 15 is 0 Å². The summed E-state index contributed by atoms with van der Waals surface area (Å²) in [6, 6.07) is 14.8. The summed E-state index contributed by atoms with van der Waals surface area (Å²) in [6.45, 7) is 1.09. The van der Waals surface area contributed by atoms with Crippen molar-refractivity contribution in [3.8, 4) is 11.5 Å². The summed E-state index contributed by atoms with van der Waals surface area (Å²) in [4.78, 5) is 29.8. The van der Waals surface area contributed by atoms with E-state index in [-0.39, 0.29) is 11.5 Å². The normalized spacial score (nSPS) is 10.8. The first-order chi connectivity index (χ1) is 15.6. The Bertz CT molecular complexity index is 1300. The molecule has 1 N–H and O–H groups in total. The Morgan fingerprint density at radius 2 is 1.88 bits per heavy atom. The number of hydrogen-bond acceptors (Lipinski definition) is 6. The smallest absolute Gasteiger partial charge is 0.264 e. The highest BCUT2D eigenvalue weighted by Crippen LogP contribution is 2.30. The maximum absolute atomic E-state index is 12.8. The van der Waals surface area contributed by atoms with Crippen LogP contribution < -0.4 is 20.3 Å². The number of carbonyl (C=O) groups excluding carboxylic acids is 1. The van der Waals surface area contributed by atoms with Crippen molar-refractivity contribution >= 4 is 16.9 Å². The number of methoxy groups -OCH3 is 2. The molecule has 2 aromatic carbocycles. The molecule has 0 radical (unpaired) electrons. The Labute approximate surface area is 184 Å². The number of amides is 1. The molecule has 0 bridgehead atoms. The van der Waals surface area contributed by atoms with E-state index in [2.05, 4.69) is 15.4 Å². The van der Waals surface area contributed by atoms with Gasteiger partial charge >= 0.3 is 0 Å². The molecule has 2 aromatic heterocycles. The molecule has 2 heterocycles. The third-order valence-electron chi connectivity index (χ3n) is 5.07. The van der Waals surface area contributed by atoms with Crippen molar-refractivity contribution in [2.45, 2.75) is 13.1 Å².